The summed E-state index contributed by atoms with van der Waals surface area (Å²) < 4.78 is 4.41. The van der Waals surface area contributed by atoms with Gasteiger partial charge in [-0.15, -0.1) is 0 Å². The van der Waals surface area contributed by atoms with Crippen LogP contribution in [0.4, 0.5) is 0 Å². The number of carbonyl (C=O) groups excluding carboxylic acids is 1. The number of ether oxygens (including phenoxy) is 1. The summed E-state index contributed by atoms with van der Waals surface area (Å²) >= 11 is 0. The average molecular weight is 283 g/mol. The Morgan fingerprint density at radius 2 is 1.75 bits per heavy atom. The number of rotatable bonds is 5. The van der Waals surface area contributed by atoms with Crippen molar-refractivity contribution in [2.75, 3.05) is 7.11 Å². The van der Waals surface area contributed by atoms with Crippen LogP contribution in [0.3, 0.4) is 0 Å². The summed E-state index contributed by atoms with van der Waals surface area (Å²) in [6.07, 6.45) is 7.61. The molecule has 3 nitrogen and oxygen atoms in total. The lowest BCUT2D eigenvalue weighted by molar-refractivity contribution is -0.134. The van der Waals surface area contributed by atoms with Crippen molar-refractivity contribution < 1.29 is 9.53 Å². The monoisotopic (exact) mass is 283 g/mol. The number of hydrogen-bond acceptors (Lipinski definition) is 3. The quantitative estimate of drug-likeness (QED) is 0.466. The molecular formula is C17H33NO2. The smallest absolute Gasteiger partial charge is 0.330 e. The van der Waals surface area contributed by atoms with Gasteiger partial charge in [-0.25, -0.2) is 4.79 Å². The molecule has 0 saturated carbocycles. The van der Waals surface area contributed by atoms with E-state index in [9.17, 15) is 4.79 Å². The van der Waals surface area contributed by atoms with E-state index in [1.54, 1.807) is 18.2 Å². The molecule has 0 aromatic carbocycles. The largest absolute Gasteiger partial charge is 0.466 e. The highest BCUT2D eigenvalue weighted by atomic mass is 16.5. The van der Waals surface area contributed by atoms with Gasteiger partial charge in [0, 0.05) is 12.1 Å². The van der Waals surface area contributed by atoms with Crippen LogP contribution < -0.4 is 5.73 Å². The van der Waals surface area contributed by atoms with E-state index in [2.05, 4.69) is 32.1 Å². The second-order valence-electron chi connectivity index (χ2n) is 4.34. The first-order valence-corrected chi connectivity index (χ1v) is 7.23. The lowest BCUT2D eigenvalue weighted by atomic mass is 10.1. The molecule has 0 spiro atoms. The average Bonchev–Trinajstić information content (AvgIpc) is 2.45. The molecule has 0 aromatic rings. The number of carbonyl (C=O) groups is 1. The molecule has 0 rings (SSSR count). The van der Waals surface area contributed by atoms with Gasteiger partial charge in [-0.2, -0.15) is 0 Å². The predicted octanol–water partition coefficient (Wildman–Crippen LogP) is 4.25. The number of esters is 1. The molecule has 2 N–H and O–H groups in total. The molecule has 118 valence electrons. The van der Waals surface area contributed by atoms with Gasteiger partial charge in [-0.1, -0.05) is 65.8 Å². The zero-order valence-corrected chi connectivity index (χ0v) is 14.3. The second-order valence-corrected chi connectivity index (χ2v) is 4.34. The van der Waals surface area contributed by atoms with Crippen LogP contribution in [0.5, 0.6) is 0 Å². The highest BCUT2D eigenvalue weighted by molar-refractivity contribution is 5.82. The molecule has 0 aliphatic rings. The Morgan fingerprint density at radius 3 is 2.00 bits per heavy atom. The van der Waals surface area contributed by atoms with Crippen LogP contribution >= 0.6 is 0 Å². The summed E-state index contributed by atoms with van der Waals surface area (Å²) in [6, 6.07) is -0.0835. The maximum atomic E-state index is 10.7. The van der Waals surface area contributed by atoms with Crippen molar-refractivity contribution in [2.24, 2.45) is 11.7 Å². The van der Waals surface area contributed by atoms with Crippen molar-refractivity contribution in [1.82, 2.24) is 0 Å². The normalized spacial score (nSPS) is 11.9. The fraction of sp³-hybridized carbons (Fsp3) is 0.588. The zero-order valence-electron chi connectivity index (χ0n) is 14.3. The van der Waals surface area contributed by atoms with E-state index >= 15 is 0 Å². The molecule has 0 aliphatic carbocycles. The number of methoxy groups -OCH3 is 1. The van der Waals surface area contributed by atoms with Gasteiger partial charge in [-0.05, 0) is 18.4 Å². The first-order valence-electron chi connectivity index (χ1n) is 7.23. The molecule has 1 unspecified atom stereocenters. The molecule has 3 heteroatoms. The maximum Gasteiger partial charge on any atom is 0.330 e. The molecule has 0 aliphatic heterocycles. The third-order valence-electron chi connectivity index (χ3n) is 2.30. The molecule has 1 atom stereocenters. The minimum Gasteiger partial charge on any atom is -0.466 e. The van der Waals surface area contributed by atoms with Gasteiger partial charge in [-0.3, -0.25) is 0 Å². The Bertz CT molecular complexity index is 289. The fourth-order valence-electron chi connectivity index (χ4n) is 0.712. The minimum atomic E-state index is -0.385. The van der Waals surface area contributed by atoms with Gasteiger partial charge in [0.1, 0.15) is 0 Å². The van der Waals surface area contributed by atoms with Gasteiger partial charge in [0.05, 0.1) is 7.11 Å². The standard InChI is InChI=1S/C10H15NO2.C5H12.C2H6/c1-4-9(8(2)11)6-5-7-10(12)13-3;1-4-5(2)3;1-2/h4-8H,1,11H2,2-3H3;5H,4H2,1-3H3;1-2H3/b7-5-,9-6+;;. The highest BCUT2D eigenvalue weighted by Gasteiger charge is 1.96. The van der Waals surface area contributed by atoms with E-state index < -0.39 is 0 Å². The molecule has 0 heterocycles. The molecule has 0 saturated heterocycles. The van der Waals surface area contributed by atoms with Gasteiger partial charge < -0.3 is 10.5 Å². The van der Waals surface area contributed by atoms with Crippen molar-refractivity contribution in [3.05, 3.63) is 36.5 Å². The third-order valence-corrected chi connectivity index (χ3v) is 2.30. The Kier molecular flexibility index (Phi) is 20.9. The summed E-state index contributed by atoms with van der Waals surface area (Å²) in [5.74, 6) is 0.499. The van der Waals surface area contributed by atoms with E-state index in [-0.39, 0.29) is 12.0 Å². The van der Waals surface area contributed by atoms with Gasteiger partial charge in [0.15, 0.2) is 0 Å². The van der Waals surface area contributed by atoms with Crippen molar-refractivity contribution in [1.29, 1.82) is 0 Å². The molecule has 0 amide bonds. The molecule has 0 radical (unpaired) electrons. The van der Waals surface area contributed by atoms with Crippen molar-refractivity contribution in [3.63, 3.8) is 0 Å². The summed E-state index contributed by atoms with van der Waals surface area (Å²) in [6.45, 7) is 16.1. The predicted molar refractivity (Wildman–Crippen MR) is 89.6 cm³/mol. The number of nitrogens with two attached hydrogens (primary N) is 1. The summed E-state index contributed by atoms with van der Waals surface area (Å²) in [7, 11) is 1.33. The van der Waals surface area contributed by atoms with Crippen molar-refractivity contribution in [2.45, 2.75) is 54.0 Å². The molecule has 0 aromatic heterocycles. The molecule has 0 bridgehead atoms. The van der Waals surface area contributed by atoms with Crippen molar-refractivity contribution in [3.8, 4) is 0 Å². The summed E-state index contributed by atoms with van der Waals surface area (Å²) in [4.78, 5) is 10.7. The highest BCUT2D eigenvalue weighted by Crippen LogP contribution is 2.00. The lowest BCUT2D eigenvalue weighted by Gasteiger charge is -2.03. The first kappa shape index (κ1) is 23.7. The van der Waals surface area contributed by atoms with E-state index in [4.69, 9.17) is 5.73 Å². The third kappa shape index (κ3) is 19.0. The van der Waals surface area contributed by atoms with E-state index in [0.717, 1.165) is 11.5 Å². The van der Waals surface area contributed by atoms with Crippen LogP contribution in [0.2, 0.25) is 0 Å². The molecule has 20 heavy (non-hydrogen) atoms. The molecular weight excluding hydrogens is 250 g/mol. The Labute approximate surface area is 125 Å². The van der Waals surface area contributed by atoms with Gasteiger partial charge in [0.25, 0.3) is 0 Å². The lowest BCUT2D eigenvalue weighted by Crippen LogP contribution is -2.16. The minimum absolute atomic E-state index is 0.0835. The first-order chi connectivity index (χ1) is 9.38. The summed E-state index contributed by atoms with van der Waals surface area (Å²) in [5.41, 5.74) is 6.48. The Morgan fingerprint density at radius 1 is 1.30 bits per heavy atom. The van der Waals surface area contributed by atoms with Crippen LogP contribution in [0, 0.1) is 5.92 Å². The second kappa shape index (κ2) is 17.6. The van der Waals surface area contributed by atoms with E-state index in [1.807, 2.05) is 20.8 Å². The van der Waals surface area contributed by atoms with Crippen molar-refractivity contribution >= 4 is 5.97 Å². The van der Waals surface area contributed by atoms with Crippen LogP contribution in [0.1, 0.15) is 48.0 Å². The van der Waals surface area contributed by atoms with E-state index in [0.29, 0.717) is 0 Å². The number of allylic oxidation sites excluding steroid dienone is 2. The van der Waals surface area contributed by atoms with E-state index in [1.165, 1.54) is 19.6 Å². The Balaban J connectivity index is -0.000000346. The van der Waals surface area contributed by atoms with Crippen LogP contribution in [-0.4, -0.2) is 19.1 Å². The molecule has 0 fully saturated rings. The summed E-state index contributed by atoms with van der Waals surface area (Å²) in [5, 5.41) is 0. The van der Waals surface area contributed by atoms with Gasteiger partial charge in [0.2, 0.25) is 0 Å². The van der Waals surface area contributed by atoms with Crippen LogP contribution in [-0.2, 0) is 9.53 Å². The fourth-order valence-corrected chi connectivity index (χ4v) is 0.712. The Hall–Kier alpha value is -1.35. The number of hydrogen-bond donors (Lipinski definition) is 1. The van der Waals surface area contributed by atoms with Crippen LogP contribution in [0.15, 0.2) is 36.5 Å². The maximum absolute atomic E-state index is 10.7. The zero-order chi connectivity index (χ0) is 16.6. The SMILES string of the molecule is C=C/C(=C\C=C/C(=O)OC)C(C)N.CC.CCC(C)C. The topological polar surface area (TPSA) is 52.3 Å². The van der Waals surface area contributed by atoms with Crippen LogP contribution in [0.25, 0.3) is 0 Å². The van der Waals surface area contributed by atoms with Gasteiger partial charge >= 0.3 is 5.97 Å².